The third-order valence-electron chi connectivity index (χ3n) is 3.09. The SMILES string of the molecule is CS(=O)(=O)c1ccccc1NCc1ccccc1CN. The Morgan fingerprint density at radius 2 is 1.60 bits per heavy atom. The third kappa shape index (κ3) is 3.37. The molecule has 0 aromatic heterocycles. The first-order valence-corrected chi connectivity index (χ1v) is 8.21. The van der Waals surface area contributed by atoms with Crippen LogP contribution in [-0.4, -0.2) is 14.7 Å². The van der Waals surface area contributed by atoms with E-state index in [4.69, 9.17) is 5.73 Å². The molecule has 0 aliphatic carbocycles. The van der Waals surface area contributed by atoms with E-state index in [1.807, 2.05) is 30.3 Å². The minimum absolute atomic E-state index is 0.310. The van der Waals surface area contributed by atoms with Gasteiger partial charge in [0.05, 0.1) is 10.6 Å². The number of anilines is 1. The van der Waals surface area contributed by atoms with Gasteiger partial charge in [-0.05, 0) is 23.3 Å². The van der Waals surface area contributed by atoms with Gasteiger partial charge in [-0.3, -0.25) is 0 Å². The summed E-state index contributed by atoms with van der Waals surface area (Å²) in [5, 5.41) is 3.18. The zero-order valence-electron chi connectivity index (χ0n) is 11.3. The van der Waals surface area contributed by atoms with Gasteiger partial charge in [0.2, 0.25) is 0 Å². The largest absolute Gasteiger partial charge is 0.380 e. The summed E-state index contributed by atoms with van der Waals surface area (Å²) in [5.74, 6) is 0. The van der Waals surface area contributed by atoms with Crippen molar-refractivity contribution in [2.75, 3.05) is 11.6 Å². The molecule has 0 atom stereocenters. The van der Waals surface area contributed by atoms with E-state index in [1.165, 1.54) is 6.26 Å². The van der Waals surface area contributed by atoms with Gasteiger partial charge in [-0.15, -0.1) is 0 Å². The number of hydrogen-bond acceptors (Lipinski definition) is 4. The summed E-state index contributed by atoms with van der Waals surface area (Å²) in [4.78, 5) is 0.310. The van der Waals surface area contributed by atoms with Crippen molar-refractivity contribution in [2.45, 2.75) is 18.0 Å². The molecule has 0 saturated heterocycles. The molecule has 0 saturated carbocycles. The van der Waals surface area contributed by atoms with Crippen LogP contribution in [0.4, 0.5) is 5.69 Å². The summed E-state index contributed by atoms with van der Waals surface area (Å²) in [6, 6.07) is 14.7. The maximum Gasteiger partial charge on any atom is 0.177 e. The van der Waals surface area contributed by atoms with E-state index < -0.39 is 9.84 Å². The zero-order chi connectivity index (χ0) is 14.6. The van der Waals surface area contributed by atoms with E-state index >= 15 is 0 Å². The molecule has 0 bridgehead atoms. The van der Waals surface area contributed by atoms with E-state index in [0.29, 0.717) is 23.7 Å². The number of para-hydroxylation sites is 1. The summed E-state index contributed by atoms with van der Waals surface area (Å²) in [6.07, 6.45) is 1.21. The Morgan fingerprint density at radius 1 is 1.00 bits per heavy atom. The second kappa shape index (κ2) is 6.07. The molecular weight excluding hydrogens is 272 g/mol. The molecule has 0 spiro atoms. The molecule has 20 heavy (non-hydrogen) atoms. The Morgan fingerprint density at radius 3 is 2.25 bits per heavy atom. The van der Waals surface area contributed by atoms with Crippen molar-refractivity contribution in [1.29, 1.82) is 0 Å². The maximum atomic E-state index is 11.7. The fourth-order valence-corrected chi connectivity index (χ4v) is 2.92. The van der Waals surface area contributed by atoms with Crippen LogP contribution >= 0.6 is 0 Å². The second-order valence-electron chi connectivity index (χ2n) is 4.59. The lowest BCUT2D eigenvalue weighted by molar-refractivity contribution is 0.602. The van der Waals surface area contributed by atoms with E-state index in [0.717, 1.165) is 11.1 Å². The summed E-state index contributed by atoms with van der Waals surface area (Å²) in [7, 11) is -3.24. The predicted molar refractivity (Wildman–Crippen MR) is 81.2 cm³/mol. The number of benzene rings is 2. The van der Waals surface area contributed by atoms with Crippen LogP contribution in [0.15, 0.2) is 53.4 Å². The molecule has 0 unspecified atom stereocenters. The maximum absolute atomic E-state index is 11.7. The van der Waals surface area contributed by atoms with Gasteiger partial charge in [0.15, 0.2) is 9.84 Å². The van der Waals surface area contributed by atoms with Crippen molar-refractivity contribution >= 4 is 15.5 Å². The summed E-state index contributed by atoms with van der Waals surface area (Å²) in [5.41, 5.74) is 8.43. The van der Waals surface area contributed by atoms with Crippen LogP contribution in [0.5, 0.6) is 0 Å². The second-order valence-corrected chi connectivity index (χ2v) is 6.58. The Hall–Kier alpha value is -1.85. The van der Waals surface area contributed by atoms with E-state index in [-0.39, 0.29) is 0 Å². The Kier molecular flexibility index (Phi) is 4.42. The monoisotopic (exact) mass is 290 g/mol. The van der Waals surface area contributed by atoms with Crippen molar-refractivity contribution < 1.29 is 8.42 Å². The summed E-state index contributed by atoms with van der Waals surface area (Å²) in [6.45, 7) is 1.01. The van der Waals surface area contributed by atoms with Crippen LogP contribution in [0.3, 0.4) is 0 Å². The highest BCUT2D eigenvalue weighted by Crippen LogP contribution is 2.21. The molecule has 0 amide bonds. The normalized spacial score (nSPS) is 11.3. The van der Waals surface area contributed by atoms with Gasteiger partial charge in [-0.1, -0.05) is 36.4 Å². The van der Waals surface area contributed by atoms with Crippen molar-refractivity contribution in [2.24, 2.45) is 5.73 Å². The Labute approximate surface area is 119 Å². The van der Waals surface area contributed by atoms with Crippen molar-refractivity contribution in [3.8, 4) is 0 Å². The fourth-order valence-electron chi connectivity index (χ4n) is 2.06. The highest BCUT2D eigenvalue weighted by molar-refractivity contribution is 7.90. The first kappa shape index (κ1) is 14.6. The standard InChI is InChI=1S/C15H18N2O2S/c1-20(18,19)15-9-5-4-8-14(15)17-11-13-7-3-2-6-12(13)10-16/h2-9,17H,10-11,16H2,1H3. The minimum Gasteiger partial charge on any atom is -0.380 e. The van der Waals surface area contributed by atoms with Crippen molar-refractivity contribution in [3.05, 3.63) is 59.7 Å². The highest BCUT2D eigenvalue weighted by atomic mass is 32.2. The number of hydrogen-bond donors (Lipinski definition) is 2. The lowest BCUT2D eigenvalue weighted by Gasteiger charge is -2.13. The average Bonchev–Trinajstić information content (AvgIpc) is 2.44. The molecule has 0 aliphatic heterocycles. The lowest BCUT2D eigenvalue weighted by Crippen LogP contribution is -2.09. The molecule has 0 heterocycles. The van der Waals surface area contributed by atoms with Crippen LogP contribution in [0.1, 0.15) is 11.1 Å². The van der Waals surface area contributed by atoms with Crippen LogP contribution in [0.25, 0.3) is 0 Å². The van der Waals surface area contributed by atoms with Gasteiger partial charge in [-0.2, -0.15) is 0 Å². The molecule has 2 rings (SSSR count). The lowest BCUT2D eigenvalue weighted by atomic mass is 10.1. The molecule has 2 aromatic carbocycles. The van der Waals surface area contributed by atoms with Gasteiger partial charge >= 0.3 is 0 Å². The van der Waals surface area contributed by atoms with Gasteiger partial charge in [0, 0.05) is 19.3 Å². The molecule has 5 heteroatoms. The van der Waals surface area contributed by atoms with Gasteiger partial charge in [0.25, 0.3) is 0 Å². The molecule has 106 valence electrons. The zero-order valence-corrected chi connectivity index (χ0v) is 12.2. The minimum atomic E-state index is -3.24. The van der Waals surface area contributed by atoms with E-state index in [2.05, 4.69) is 5.32 Å². The number of nitrogens with two attached hydrogens (primary N) is 1. The van der Waals surface area contributed by atoms with Crippen LogP contribution in [0, 0.1) is 0 Å². The fraction of sp³-hybridized carbons (Fsp3) is 0.200. The molecule has 0 aliphatic rings. The van der Waals surface area contributed by atoms with Gasteiger partial charge < -0.3 is 11.1 Å². The topological polar surface area (TPSA) is 72.2 Å². The highest BCUT2D eigenvalue weighted by Gasteiger charge is 2.12. The van der Waals surface area contributed by atoms with Crippen LogP contribution in [-0.2, 0) is 22.9 Å². The number of nitrogens with one attached hydrogen (secondary N) is 1. The molecule has 0 radical (unpaired) electrons. The van der Waals surface area contributed by atoms with Gasteiger partial charge in [0.1, 0.15) is 0 Å². The quantitative estimate of drug-likeness (QED) is 0.885. The molecular formula is C15H18N2O2S. The van der Waals surface area contributed by atoms with Crippen LogP contribution < -0.4 is 11.1 Å². The smallest absolute Gasteiger partial charge is 0.177 e. The molecule has 3 N–H and O–H groups in total. The van der Waals surface area contributed by atoms with Crippen LogP contribution in [0.2, 0.25) is 0 Å². The average molecular weight is 290 g/mol. The molecule has 0 fully saturated rings. The first-order valence-electron chi connectivity index (χ1n) is 6.32. The predicted octanol–water partition coefficient (Wildman–Crippen LogP) is 2.16. The number of sulfone groups is 1. The summed E-state index contributed by atoms with van der Waals surface area (Å²) < 4.78 is 23.5. The summed E-state index contributed by atoms with van der Waals surface area (Å²) >= 11 is 0. The third-order valence-corrected chi connectivity index (χ3v) is 4.25. The van der Waals surface area contributed by atoms with Crippen molar-refractivity contribution in [3.63, 3.8) is 0 Å². The van der Waals surface area contributed by atoms with Crippen molar-refractivity contribution in [1.82, 2.24) is 0 Å². The van der Waals surface area contributed by atoms with E-state index in [9.17, 15) is 8.42 Å². The van der Waals surface area contributed by atoms with Gasteiger partial charge in [-0.25, -0.2) is 8.42 Å². The Bertz CT molecular complexity index is 697. The van der Waals surface area contributed by atoms with E-state index in [1.54, 1.807) is 18.2 Å². The Balaban J connectivity index is 2.24. The first-order chi connectivity index (χ1) is 9.52. The molecule has 4 nitrogen and oxygen atoms in total. The molecule has 2 aromatic rings. The number of rotatable bonds is 5.